The number of fused-ring (bicyclic) bond motifs is 1. The fourth-order valence-corrected chi connectivity index (χ4v) is 7.18. The minimum atomic E-state index is -4.26. The lowest BCUT2D eigenvalue weighted by atomic mass is 10.1. The molecule has 238 valence electrons. The number of hydrogen-bond donors (Lipinski definition) is 3. The minimum absolute atomic E-state index is 0.128. The third-order valence-electron chi connectivity index (χ3n) is 8.46. The van der Waals surface area contributed by atoms with Crippen LogP contribution < -0.4 is 15.5 Å². The molecule has 6 rings (SSSR count). The lowest BCUT2D eigenvalue weighted by Gasteiger charge is -2.38. The molecule has 3 aromatic carbocycles. The first-order valence-electron chi connectivity index (χ1n) is 15.1. The first-order chi connectivity index (χ1) is 21.6. The molecule has 0 atom stereocenters. The summed E-state index contributed by atoms with van der Waals surface area (Å²) < 4.78 is 59.6. The summed E-state index contributed by atoms with van der Waals surface area (Å²) in [5.41, 5.74) is 2.62. The number of ether oxygens (including phenoxy) is 1. The summed E-state index contributed by atoms with van der Waals surface area (Å²) in [5.74, 6) is -2.29. The molecule has 3 heterocycles. The summed E-state index contributed by atoms with van der Waals surface area (Å²) in [7, 11) is -4.26. The number of sulfone groups is 1. The van der Waals surface area contributed by atoms with Crippen molar-refractivity contribution in [3.63, 3.8) is 0 Å². The second kappa shape index (κ2) is 12.7. The van der Waals surface area contributed by atoms with Crippen LogP contribution >= 0.6 is 0 Å². The largest absolute Gasteiger partial charge is 0.381 e. The van der Waals surface area contributed by atoms with E-state index in [4.69, 9.17) is 4.74 Å². The Morgan fingerprint density at radius 3 is 2.36 bits per heavy atom. The number of rotatable bonds is 8. The molecule has 0 bridgehead atoms. The average Bonchev–Trinajstić information content (AvgIpc) is 3.43. The van der Waals surface area contributed by atoms with Gasteiger partial charge in [0.05, 0.1) is 20.9 Å². The lowest BCUT2D eigenvalue weighted by Crippen LogP contribution is -2.48. The molecule has 3 N–H and O–H groups in total. The van der Waals surface area contributed by atoms with E-state index in [1.54, 1.807) is 6.07 Å². The Bertz CT molecular complexity index is 1800. The van der Waals surface area contributed by atoms with Crippen molar-refractivity contribution < 1.29 is 26.7 Å². The molecule has 0 radical (unpaired) electrons. The number of benzene rings is 3. The van der Waals surface area contributed by atoms with Crippen molar-refractivity contribution >= 4 is 43.8 Å². The summed E-state index contributed by atoms with van der Waals surface area (Å²) in [6.07, 6.45) is 1.63. The van der Waals surface area contributed by atoms with Gasteiger partial charge in [-0.25, -0.2) is 17.2 Å². The highest BCUT2D eigenvalue weighted by molar-refractivity contribution is 7.91. The van der Waals surface area contributed by atoms with Crippen molar-refractivity contribution in [3.05, 3.63) is 71.8 Å². The van der Waals surface area contributed by atoms with Crippen LogP contribution in [0.3, 0.4) is 0 Å². The number of aromatic nitrogens is 2. The van der Waals surface area contributed by atoms with Gasteiger partial charge in [0.2, 0.25) is 9.84 Å². The van der Waals surface area contributed by atoms with Crippen LogP contribution in [0.15, 0.2) is 64.4 Å². The molecule has 0 aliphatic carbocycles. The highest BCUT2D eigenvalue weighted by atomic mass is 32.2. The fraction of sp³-hybridized carbons (Fsp3) is 0.375. The molecule has 4 aromatic rings. The van der Waals surface area contributed by atoms with E-state index in [0.29, 0.717) is 47.5 Å². The van der Waals surface area contributed by atoms with E-state index < -0.39 is 32.3 Å². The van der Waals surface area contributed by atoms with Crippen molar-refractivity contribution in [3.8, 4) is 0 Å². The number of amides is 1. The van der Waals surface area contributed by atoms with E-state index in [-0.39, 0.29) is 16.8 Å². The van der Waals surface area contributed by atoms with E-state index in [0.717, 1.165) is 56.8 Å². The Morgan fingerprint density at radius 1 is 0.956 bits per heavy atom. The molecule has 0 spiro atoms. The van der Waals surface area contributed by atoms with Gasteiger partial charge in [-0.05, 0) is 75.2 Å². The van der Waals surface area contributed by atoms with Gasteiger partial charge < -0.3 is 20.3 Å². The maximum Gasteiger partial charge on any atom is 0.258 e. The van der Waals surface area contributed by atoms with Crippen LogP contribution in [0.5, 0.6) is 0 Å². The van der Waals surface area contributed by atoms with Crippen LogP contribution in [0, 0.1) is 11.6 Å². The van der Waals surface area contributed by atoms with Crippen LogP contribution in [0.25, 0.3) is 10.9 Å². The summed E-state index contributed by atoms with van der Waals surface area (Å²) in [4.78, 5) is 17.8. The predicted molar refractivity (Wildman–Crippen MR) is 169 cm³/mol. The van der Waals surface area contributed by atoms with Crippen molar-refractivity contribution in [2.75, 3.05) is 54.9 Å². The Kier molecular flexibility index (Phi) is 8.76. The third-order valence-corrected chi connectivity index (χ3v) is 10.2. The fourth-order valence-electron chi connectivity index (χ4n) is 5.85. The molecule has 2 saturated heterocycles. The van der Waals surface area contributed by atoms with Crippen LogP contribution in [-0.4, -0.2) is 80.9 Å². The quantitative estimate of drug-likeness (QED) is 0.246. The zero-order valence-electron chi connectivity index (χ0n) is 25.1. The zero-order valence-corrected chi connectivity index (χ0v) is 26.0. The normalized spacial score (nSPS) is 16.8. The van der Waals surface area contributed by atoms with Gasteiger partial charge in [-0.15, -0.1) is 0 Å². The lowest BCUT2D eigenvalue weighted by molar-refractivity contribution is 0.0904. The standard InChI is InChI=1S/C32H36F2N6O4S/c1-20(2)39-9-11-40(12-10-39)24-3-5-27(30(18-24)35-23-7-13-44-14-8-23)32(41)36-31-28-19-25(4-6-29(28)37-38-31)45(42,43)26-16-21(33)15-22(34)17-26/h3-6,15-20,23,35H,7-14H2,1-2H3,(H2,36,37,38,41). The average molecular weight is 639 g/mol. The maximum atomic E-state index is 13.8. The number of nitrogens with zero attached hydrogens (tertiary/aromatic N) is 3. The highest BCUT2D eigenvalue weighted by Gasteiger charge is 2.25. The molecule has 2 fully saturated rings. The summed E-state index contributed by atoms with van der Waals surface area (Å²) >= 11 is 0. The third kappa shape index (κ3) is 6.65. The van der Waals surface area contributed by atoms with Gasteiger partial charge in [0.15, 0.2) is 5.82 Å². The Balaban J connectivity index is 1.28. The van der Waals surface area contributed by atoms with Crippen molar-refractivity contribution in [1.82, 2.24) is 15.1 Å². The zero-order chi connectivity index (χ0) is 31.7. The van der Waals surface area contributed by atoms with E-state index in [1.165, 1.54) is 18.2 Å². The molecule has 2 aliphatic rings. The van der Waals surface area contributed by atoms with E-state index in [9.17, 15) is 22.0 Å². The van der Waals surface area contributed by atoms with E-state index >= 15 is 0 Å². The van der Waals surface area contributed by atoms with Gasteiger partial charge in [-0.3, -0.25) is 14.8 Å². The van der Waals surface area contributed by atoms with Gasteiger partial charge in [0, 0.05) is 74.3 Å². The minimum Gasteiger partial charge on any atom is -0.381 e. The van der Waals surface area contributed by atoms with Gasteiger partial charge >= 0.3 is 0 Å². The molecule has 1 aromatic heterocycles. The van der Waals surface area contributed by atoms with E-state index in [1.807, 2.05) is 12.1 Å². The first kappa shape index (κ1) is 30.9. The highest BCUT2D eigenvalue weighted by Crippen LogP contribution is 2.31. The van der Waals surface area contributed by atoms with Crippen LogP contribution in [-0.2, 0) is 14.6 Å². The molecule has 45 heavy (non-hydrogen) atoms. The molecule has 0 unspecified atom stereocenters. The van der Waals surface area contributed by atoms with Gasteiger partial charge in [-0.1, -0.05) is 0 Å². The summed E-state index contributed by atoms with van der Waals surface area (Å²) in [6.45, 7) is 9.37. The number of carbonyl (C=O) groups excluding carboxylic acids is 1. The predicted octanol–water partition coefficient (Wildman–Crippen LogP) is 5.05. The van der Waals surface area contributed by atoms with Crippen LogP contribution in [0.4, 0.5) is 26.0 Å². The SMILES string of the molecule is CC(C)N1CCN(c2ccc(C(=O)Nc3n[nH]c4ccc(S(=O)(=O)c5cc(F)cc(F)c5)cc34)c(NC3CCOCC3)c2)CC1. The number of halogens is 2. The molecule has 10 nitrogen and oxygen atoms in total. The number of H-pyrrole nitrogens is 1. The second-order valence-electron chi connectivity index (χ2n) is 11.7. The monoisotopic (exact) mass is 638 g/mol. The number of aromatic amines is 1. The van der Waals surface area contributed by atoms with Gasteiger partial charge in [-0.2, -0.15) is 5.10 Å². The van der Waals surface area contributed by atoms with Crippen molar-refractivity contribution in [2.45, 2.75) is 48.6 Å². The Labute approximate surface area is 260 Å². The van der Waals surface area contributed by atoms with Gasteiger partial charge in [0.1, 0.15) is 11.6 Å². The molecule has 2 aliphatic heterocycles. The molecule has 0 saturated carbocycles. The first-order valence-corrected chi connectivity index (χ1v) is 16.5. The number of carbonyl (C=O) groups is 1. The number of anilines is 3. The van der Waals surface area contributed by atoms with Crippen molar-refractivity contribution in [2.24, 2.45) is 0 Å². The maximum absolute atomic E-state index is 13.8. The molecule has 13 heteroatoms. The number of hydrogen-bond acceptors (Lipinski definition) is 8. The summed E-state index contributed by atoms with van der Waals surface area (Å²) in [5, 5.41) is 13.8. The number of piperazine rings is 1. The topological polar surface area (TPSA) is 120 Å². The Morgan fingerprint density at radius 2 is 1.67 bits per heavy atom. The smallest absolute Gasteiger partial charge is 0.258 e. The second-order valence-corrected chi connectivity index (χ2v) is 13.7. The molecule has 1 amide bonds. The van der Waals surface area contributed by atoms with Crippen molar-refractivity contribution in [1.29, 1.82) is 0 Å². The van der Waals surface area contributed by atoms with Gasteiger partial charge in [0.25, 0.3) is 5.91 Å². The molecular weight excluding hydrogens is 602 g/mol. The summed E-state index contributed by atoms with van der Waals surface area (Å²) in [6, 6.07) is 12.7. The molecular formula is C32H36F2N6O4S. The number of nitrogens with one attached hydrogen (secondary N) is 3. The Hall–Kier alpha value is -4.07. The van der Waals surface area contributed by atoms with Crippen LogP contribution in [0.2, 0.25) is 0 Å². The van der Waals surface area contributed by atoms with Crippen LogP contribution in [0.1, 0.15) is 37.0 Å². The van der Waals surface area contributed by atoms with E-state index in [2.05, 4.69) is 44.5 Å².